The maximum Gasteiger partial charge on any atom is 0.371 e. The number of carbonyl (C=O) groups is 2. The van der Waals surface area contributed by atoms with Crippen LogP contribution in [-0.2, 0) is 6.54 Å². The summed E-state index contributed by atoms with van der Waals surface area (Å²) in [5.74, 6) is -1.31. The molecule has 0 spiro atoms. The summed E-state index contributed by atoms with van der Waals surface area (Å²) in [5.41, 5.74) is 0.882. The van der Waals surface area contributed by atoms with Gasteiger partial charge >= 0.3 is 5.97 Å². The highest BCUT2D eigenvalue weighted by atomic mass is 16.4. The van der Waals surface area contributed by atoms with Gasteiger partial charge in [0.05, 0.1) is 18.2 Å². The SMILES string of the molecule is N#Cc1ccc(C(=O)NCc2ccc(C(=O)O)o2)cc1. The third-order valence-corrected chi connectivity index (χ3v) is 2.57. The molecular formula is C14H10N2O4. The van der Waals surface area contributed by atoms with Gasteiger partial charge in [0.2, 0.25) is 5.76 Å². The molecule has 1 amide bonds. The van der Waals surface area contributed by atoms with Crippen molar-refractivity contribution in [1.82, 2.24) is 5.32 Å². The van der Waals surface area contributed by atoms with Crippen molar-refractivity contribution >= 4 is 11.9 Å². The second kappa shape index (κ2) is 5.71. The molecule has 0 aliphatic carbocycles. The molecule has 0 atom stereocenters. The lowest BCUT2D eigenvalue weighted by Gasteiger charge is -2.03. The van der Waals surface area contributed by atoms with E-state index in [-0.39, 0.29) is 18.2 Å². The van der Waals surface area contributed by atoms with Gasteiger partial charge in [-0.1, -0.05) is 0 Å². The average Bonchev–Trinajstić information content (AvgIpc) is 2.94. The summed E-state index contributed by atoms with van der Waals surface area (Å²) in [6, 6.07) is 10.9. The molecule has 2 rings (SSSR count). The van der Waals surface area contributed by atoms with E-state index in [4.69, 9.17) is 14.8 Å². The number of furan rings is 1. The van der Waals surface area contributed by atoms with Crippen LogP contribution in [-0.4, -0.2) is 17.0 Å². The molecular weight excluding hydrogens is 260 g/mol. The van der Waals surface area contributed by atoms with Crippen LogP contribution >= 0.6 is 0 Å². The second-order valence-corrected chi connectivity index (χ2v) is 3.94. The largest absolute Gasteiger partial charge is 0.475 e. The van der Waals surface area contributed by atoms with E-state index in [1.165, 1.54) is 12.1 Å². The summed E-state index contributed by atoms with van der Waals surface area (Å²) in [6.45, 7) is 0.0894. The Morgan fingerprint density at radius 3 is 2.45 bits per heavy atom. The molecule has 0 unspecified atom stereocenters. The first kappa shape index (κ1) is 13.4. The summed E-state index contributed by atoms with van der Waals surface area (Å²) in [4.78, 5) is 22.4. The van der Waals surface area contributed by atoms with Crippen molar-refractivity contribution in [1.29, 1.82) is 5.26 Å². The number of benzene rings is 1. The minimum absolute atomic E-state index is 0.0894. The van der Waals surface area contributed by atoms with Crippen molar-refractivity contribution in [2.75, 3.05) is 0 Å². The quantitative estimate of drug-likeness (QED) is 0.881. The highest BCUT2D eigenvalue weighted by Crippen LogP contribution is 2.08. The Morgan fingerprint density at radius 2 is 1.90 bits per heavy atom. The van der Waals surface area contributed by atoms with Crippen LogP contribution in [0.25, 0.3) is 0 Å². The van der Waals surface area contributed by atoms with Gasteiger partial charge in [0.15, 0.2) is 0 Å². The Morgan fingerprint density at radius 1 is 1.20 bits per heavy atom. The Hall–Kier alpha value is -3.07. The van der Waals surface area contributed by atoms with Crippen molar-refractivity contribution in [3.05, 3.63) is 59.0 Å². The monoisotopic (exact) mass is 270 g/mol. The highest BCUT2D eigenvalue weighted by Gasteiger charge is 2.10. The lowest BCUT2D eigenvalue weighted by atomic mass is 10.1. The van der Waals surface area contributed by atoms with Gasteiger partial charge in [-0.3, -0.25) is 4.79 Å². The zero-order valence-electron chi connectivity index (χ0n) is 10.3. The molecule has 0 saturated heterocycles. The lowest BCUT2D eigenvalue weighted by Crippen LogP contribution is -2.22. The van der Waals surface area contributed by atoms with E-state index < -0.39 is 5.97 Å². The fourth-order valence-corrected chi connectivity index (χ4v) is 1.55. The summed E-state index contributed by atoms with van der Waals surface area (Å²) in [5, 5.41) is 19.9. The molecule has 2 aromatic rings. The minimum Gasteiger partial charge on any atom is -0.475 e. The molecule has 6 heteroatoms. The molecule has 20 heavy (non-hydrogen) atoms. The number of rotatable bonds is 4. The van der Waals surface area contributed by atoms with Crippen molar-refractivity contribution in [2.45, 2.75) is 6.54 Å². The maximum atomic E-state index is 11.8. The molecule has 0 saturated carbocycles. The van der Waals surface area contributed by atoms with E-state index in [2.05, 4.69) is 5.32 Å². The Bertz CT molecular complexity index is 680. The zero-order chi connectivity index (χ0) is 14.5. The number of nitriles is 1. The van der Waals surface area contributed by atoms with Crippen LogP contribution in [0.5, 0.6) is 0 Å². The Kier molecular flexibility index (Phi) is 3.82. The van der Waals surface area contributed by atoms with Crippen molar-refractivity contribution < 1.29 is 19.1 Å². The van der Waals surface area contributed by atoms with Crippen LogP contribution in [0.2, 0.25) is 0 Å². The molecule has 1 heterocycles. The van der Waals surface area contributed by atoms with Crippen molar-refractivity contribution in [3.8, 4) is 6.07 Å². The predicted molar refractivity (Wildman–Crippen MR) is 68.0 cm³/mol. The van der Waals surface area contributed by atoms with E-state index >= 15 is 0 Å². The molecule has 1 aromatic carbocycles. The Balaban J connectivity index is 1.97. The number of nitrogens with zero attached hydrogens (tertiary/aromatic N) is 1. The van der Waals surface area contributed by atoms with Crippen molar-refractivity contribution in [3.63, 3.8) is 0 Å². The number of hydrogen-bond donors (Lipinski definition) is 2. The van der Waals surface area contributed by atoms with Crippen LogP contribution in [0.1, 0.15) is 32.2 Å². The van der Waals surface area contributed by atoms with E-state index in [9.17, 15) is 9.59 Å². The van der Waals surface area contributed by atoms with Crippen LogP contribution in [0.15, 0.2) is 40.8 Å². The third kappa shape index (κ3) is 3.03. The van der Waals surface area contributed by atoms with Gasteiger partial charge in [0, 0.05) is 5.56 Å². The number of aromatic carboxylic acids is 1. The molecule has 0 bridgehead atoms. The summed E-state index contributed by atoms with van der Waals surface area (Å²) >= 11 is 0. The van der Waals surface area contributed by atoms with E-state index in [0.717, 1.165) is 0 Å². The molecule has 1 aromatic heterocycles. The minimum atomic E-state index is -1.16. The number of nitrogens with one attached hydrogen (secondary N) is 1. The standard InChI is InChI=1S/C14H10N2O4/c15-7-9-1-3-10(4-2-9)13(17)16-8-11-5-6-12(20-11)14(18)19/h1-6H,8H2,(H,16,17)(H,18,19). The van der Waals surface area contributed by atoms with E-state index in [1.54, 1.807) is 24.3 Å². The van der Waals surface area contributed by atoms with Gasteiger partial charge in [0.25, 0.3) is 5.91 Å². The van der Waals surface area contributed by atoms with Gasteiger partial charge in [-0.2, -0.15) is 5.26 Å². The van der Waals surface area contributed by atoms with E-state index in [1.807, 2.05) is 6.07 Å². The molecule has 0 radical (unpaired) electrons. The fraction of sp³-hybridized carbons (Fsp3) is 0.0714. The Labute approximate surface area is 114 Å². The van der Waals surface area contributed by atoms with Crippen LogP contribution in [0.3, 0.4) is 0 Å². The molecule has 2 N–H and O–H groups in total. The summed E-state index contributed by atoms with van der Waals surface area (Å²) in [7, 11) is 0. The van der Waals surface area contributed by atoms with Gasteiger partial charge in [0.1, 0.15) is 5.76 Å². The van der Waals surface area contributed by atoms with Crippen LogP contribution < -0.4 is 5.32 Å². The van der Waals surface area contributed by atoms with Crippen LogP contribution in [0.4, 0.5) is 0 Å². The third-order valence-electron chi connectivity index (χ3n) is 2.57. The second-order valence-electron chi connectivity index (χ2n) is 3.94. The predicted octanol–water partition coefficient (Wildman–Crippen LogP) is 1.78. The van der Waals surface area contributed by atoms with E-state index in [0.29, 0.717) is 16.9 Å². The first-order chi connectivity index (χ1) is 9.60. The number of amides is 1. The molecule has 100 valence electrons. The first-order valence-electron chi connectivity index (χ1n) is 5.70. The smallest absolute Gasteiger partial charge is 0.371 e. The summed E-state index contributed by atoms with van der Waals surface area (Å²) in [6.07, 6.45) is 0. The lowest BCUT2D eigenvalue weighted by molar-refractivity contribution is 0.0660. The van der Waals surface area contributed by atoms with Gasteiger partial charge in [-0.15, -0.1) is 0 Å². The normalized spacial score (nSPS) is 9.75. The molecule has 0 aliphatic rings. The van der Waals surface area contributed by atoms with Gasteiger partial charge in [-0.05, 0) is 36.4 Å². The average molecular weight is 270 g/mol. The first-order valence-corrected chi connectivity index (χ1v) is 5.70. The molecule has 0 fully saturated rings. The molecule has 6 nitrogen and oxygen atoms in total. The highest BCUT2D eigenvalue weighted by molar-refractivity contribution is 5.94. The molecule has 0 aliphatic heterocycles. The van der Waals surface area contributed by atoms with Crippen molar-refractivity contribution in [2.24, 2.45) is 0 Å². The van der Waals surface area contributed by atoms with Crippen LogP contribution in [0, 0.1) is 11.3 Å². The van der Waals surface area contributed by atoms with Gasteiger partial charge < -0.3 is 14.8 Å². The fourth-order valence-electron chi connectivity index (χ4n) is 1.55. The van der Waals surface area contributed by atoms with Gasteiger partial charge in [-0.25, -0.2) is 4.79 Å². The number of carboxylic acids is 1. The zero-order valence-corrected chi connectivity index (χ0v) is 10.3. The maximum absolute atomic E-state index is 11.8. The topological polar surface area (TPSA) is 103 Å². The number of hydrogen-bond acceptors (Lipinski definition) is 4. The summed E-state index contributed by atoms with van der Waals surface area (Å²) < 4.78 is 5.01. The number of carbonyl (C=O) groups excluding carboxylic acids is 1. The number of carboxylic acid groups (broad SMARTS) is 1.